The number of aromatic hydroxyl groups is 2. The lowest BCUT2D eigenvalue weighted by molar-refractivity contribution is -0.160. The van der Waals surface area contributed by atoms with Crippen LogP contribution in [0.4, 0.5) is 5.69 Å². The lowest BCUT2D eigenvalue weighted by atomic mass is 9.78. The number of amides is 1. The number of phenols is 2. The quantitative estimate of drug-likeness (QED) is 0.126. The fourth-order valence-electron chi connectivity index (χ4n) is 8.68. The number of hydrogen-bond donors (Lipinski definition) is 5. The third-order valence-electron chi connectivity index (χ3n) is 12.2. The Morgan fingerprint density at radius 3 is 2.21 bits per heavy atom. The Labute approximate surface area is 355 Å². The number of rotatable bonds is 6. The molecular formula is C46H60N2O13. The van der Waals surface area contributed by atoms with Gasteiger partial charge in [0.1, 0.15) is 17.6 Å². The number of fused-ring (bicyclic) bond motifs is 1. The molecule has 2 aromatic carbocycles. The number of anilines is 1. The summed E-state index contributed by atoms with van der Waals surface area (Å²) in [5.74, 6) is -8.22. The molecule has 0 fully saturated rings. The van der Waals surface area contributed by atoms with E-state index < -0.39 is 89.0 Å². The largest absolute Gasteiger partial charge is 0.507 e. The first-order valence-corrected chi connectivity index (χ1v) is 20.7. The number of methoxy groups -OCH3 is 1. The van der Waals surface area contributed by atoms with Crippen molar-refractivity contribution in [2.45, 2.75) is 119 Å². The third-order valence-corrected chi connectivity index (χ3v) is 12.2. The minimum atomic E-state index is -2.02. The van der Waals surface area contributed by atoms with Gasteiger partial charge in [-0.25, -0.2) is 4.79 Å². The molecule has 15 heteroatoms. The summed E-state index contributed by atoms with van der Waals surface area (Å²) in [5.41, 5.74) is 0.808. The van der Waals surface area contributed by atoms with Gasteiger partial charge in [-0.05, 0) is 40.2 Å². The Morgan fingerprint density at radius 1 is 0.934 bits per heavy atom. The minimum Gasteiger partial charge on any atom is -0.507 e. The molecule has 1 aromatic heterocycles. The first-order chi connectivity index (χ1) is 28.7. The molecule has 1 amide bonds. The van der Waals surface area contributed by atoms with Gasteiger partial charge in [0, 0.05) is 78.8 Å². The molecule has 0 aliphatic carbocycles. The Kier molecular flexibility index (Phi) is 14.0. The van der Waals surface area contributed by atoms with Crippen LogP contribution in [-0.4, -0.2) is 92.5 Å². The lowest BCUT2D eigenvalue weighted by Gasteiger charge is -2.38. The summed E-state index contributed by atoms with van der Waals surface area (Å²) in [6.45, 7) is 18.3. The number of ether oxygens (including phenoxy) is 5. The average Bonchev–Trinajstić information content (AvgIpc) is 3.65. The Balaban J connectivity index is 1.84. The van der Waals surface area contributed by atoms with Crippen molar-refractivity contribution < 1.29 is 63.3 Å². The average molecular weight is 849 g/mol. The maximum Gasteiger partial charge on any atom is 0.340 e. The molecule has 0 saturated carbocycles. The van der Waals surface area contributed by atoms with E-state index in [0.29, 0.717) is 18.7 Å². The van der Waals surface area contributed by atoms with Gasteiger partial charge in [-0.3, -0.25) is 14.4 Å². The summed E-state index contributed by atoms with van der Waals surface area (Å²) in [6, 6.07) is 0. The molecule has 61 heavy (non-hydrogen) atoms. The molecule has 2 aliphatic heterocycles. The van der Waals surface area contributed by atoms with Gasteiger partial charge in [-0.1, -0.05) is 52.8 Å². The highest BCUT2D eigenvalue weighted by Crippen LogP contribution is 2.55. The maximum atomic E-state index is 14.8. The number of aryl methyl sites for hydroxylation is 1. The topological polar surface area (TPSA) is 212 Å². The van der Waals surface area contributed by atoms with Crippen molar-refractivity contribution in [2.24, 2.45) is 23.7 Å². The molecule has 9 unspecified atom stereocenters. The van der Waals surface area contributed by atoms with Crippen molar-refractivity contribution in [1.29, 1.82) is 0 Å². The molecular weight excluding hydrogens is 789 g/mol. The van der Waals surface area contributed by atoms with E-state index in [4.69, 9.17) is 23.7 Å². The van der Waals surface area contributed by atoms with Crippen molar-refractivity contribution in [1.82, 2.24) is 4.57 Å². The number of Topliss-reactive ketones (excluding diaryl/α,β-unsaturated/α-hetero) is 1. The predicted octanol–water partition coefficient (Wildman–Crippen LogP) is 6.90. The Morgan fingerprint density at radius 2 is 1.61 bits per heavy atom. The number of ketones is 1. The SMILES string of the molecule is CCCn1c(C)c(C(=O)OCC)c2c3c(O)c4c(O)c(C)c5c(c4c21)C(=O)C(C)(O/C=C\C(OC)C(C)C(OC(C)=O)C(C)C(O)C(C)C(O)C(C)/C=C\C=C(\C)C(=O)N3)O5. The second kappa shape index (κ2) is 18.3. The molecule has 0 spiro atoms. The number of aliphatic hydroxyl groups is 2. The summed E-state index contributed by atoms with van der Waals surface area (Å²) < 4.78 is 31.3. The van der Waals surface area contributed by atoms with Gasteiger partial charge < -0.3 is 54.0 Å². The molecule has 332 valence electrons. The van der Waals surface area contributed by atoms with E-state index in [-0.39, 0.29) is 62.0 Å². The van der Waals surface area contributed by atoms with Crippen LogP contribution in [0.2, 0.25) is 0 Å². The number of carbonyl (C=O) groups is 4. The van der Waals surface area contributed by atoms with Gasteiger partial charge in [0.2, 0.25) is 0 Å². The van der Waals surface area contributed by atoms with Gasteiger partial charge >= 0.3 is 17.7 Å². The monoisotopic (exact) mass is 848 g/mol. The predicted molar refractivity (Wildman–Crippen MR) is 229 cm³/mol. The molecule has 3 aromatic rings. The van der Waals surface area contributed by atoms with Gasteiger partial charge in [-0.2, -0.15) is 0 Å². The number of phenolic OH excluding ortho intramolecular Hbond substituents is 2. The van der Waals surface area contributed by atoms with Gasteiger partial charge in [0.25, 0.3) is 11.7 Å². The number of aliphatic hydroxyl groups excluding tert-OH is 2. The highest BCUT2D eigenvalue weighted by molar-refractivity contribution is 6.31. The van der Waals surface area contributed by atoms with Crippen LogP contribution < -0.4 is 10.1 Å². The fourth-order valence-corrected chi connectivity index (χ4v) is 8.68. The molecule has 0 radical (unpaired) electrons. The normalized spacial score (nSPS) is 29.4. The zero-order valence-corrected chi connectivity index (χ0v) is 37.0. The lowest BCUT2D eigenvalue weighted by Crippen LogP contribution is -2.46. The highest BCUT2D eigenvalue weighted by atomic mass is 16.7. The number of aromatic nitrogens is 1. The van der Waals surface area contributed by atoms with E-state index in [1.54, 1.807) is 58.3 Å². The Bertz CT molecular complexity index is 2320. The van der Waals surface area contributed by atoms with E-state index in [1.807, 2.05) is 6.92 Å². The van der Waals surface area contributed by atoms with Crippen LogP contribution in [0.5, 0.6) is 17.2 Å². The number of benzene rings is 2. The van der Waals surface area contributed by atoms with E-state index in [2.05, 4.69) is 5.32 Å². The molecule has 5 N–H and O–H groups in total. The van der Waals surface area contributed by atoms with Crippen LogP contribution in [0.1, 0.15) is 101 Å². The highest BCUT2D eigenvalue weighted by Gasteiger charge is 2.50. The summed E-state index contributed by atoms with van der Waals surface area (Å²) in [7, 11) is 1.45. The zero-order chi connectivity index (χ0) is 45.4. The van der Waals surface area contributed by atoms with Crippen molar-refractivity contribution in [2.75, 3.05) is 19.0 Å². The molecule has 2 aliphatic rings. The van der Waals surface area contributed by atoms with E-state index in [0.717, 1.165) is 0 Å². The van der Waals surface area contributed by atoms with Gasteiger partial charge in [0.15, 0.2) is 5.75 Å². The van der Waals surface area contributed by atoms with E-state index in [9.17, 15) is 39.6 Å². The number of nitrogens with one attached hydrogen (secondary N) is 1. The third kappa shape index (κ3) is 8.35. The molecule has 9 atom stereocenters. The number of allylic oxidation sites excluding steroid dienone is 2. The second-order valence-corrected chi connectivity index (χ2v) is 16.4. The van der Waals surface area contributed by atoms with Gasteiger partial charge in [-0.15, -0.1) is 0 Å². The fraction of sp³-hybridized carbons (Fsp3) is 0.522. The van der Waals surface area contributed by atoms with Crippen molar-refractivity contribution >= 4 is 51.0 Å². The zero-order valence-electron chi connectivity index (χ0n) is 37.0. The number of hydrogen-bond acceptors (Lipinski definition) is 13. The number of nitrogens with zero attached hydrogens (tertiary/aromatic N) is 1. The summed E-state index contributed by atoms with van der Waals surface area (Å²) in [6.07, 6.45) is 4.21. The standard InChI is InChI=1S/C46H60N2O13/c1-13-19-48-27(9)30(45(56)58-14-2)32-35-40(53)33-31(36(32)48)34-42(26(8)39(33)52)61-46(11,43(34)54)59-20-18-29(57-12)23(5)41(60-28(10)49)25(7)38(51)24(6)37(50)21(3)16-15-17-22(4)44(55)47-35/h15-18,20-21,23-25,29,37-38,41,50-53H,13-14,19H2,1-12H3,(H,47,55)/b16-15-,20-18-,22-17-. The van der Waals surface area contributed by atoms with Crippen molar-refractivity contribution in [3.05, 3.63) is 58.5 Å². The van der Waals surface area contributed by atoms with Crippen LogP contribution in [0.3, 0.4) is 0 Å². The van der Waals surface area contributed by atoms with Crippen LogP contribution >= 0.6 is 0 Å². The summed E-state index contributed by atoms with van der Waals surface area (Å²) in [5, 5.41) is 49.9. The van der Waals surface area contributed by atoms with Crippen LogP contribution in [0, 0.1) is 37.5 Å². The first-order valence-electron chi connectivity index (χ1n) is 20.7. The van der Waals surface area contributed by atoms with Crippen LogP contribution in [0.25, 0.3) is 21.7 Å². The van der Waals surface area contributed by atoms with Crippen LogP contribution in [-0.2, 0) is 35.1 Å². The first kappa shape index (κ1) is 46.7. The van der Waals surface area contributed by atoms with E-state index >= 15 is 0 Å². The number of esters is 2. The van der Waals surface area contributed by atoms with Crippen LogP contribution in [0.15, 0.2) is 36.1 Å². The van der Waals surface area contributed by atoms with Crippen molar-refractivity contribution in [3.8, 4) is 17.2 Å². The molecule has 3 heterocycles. The molecule has 4 bridgehead atoms. The molecule has 0 saturated heterocycles. The minimum absolute atomic E-state index is 0.0148. The number of carbonyl (C=O) groups excluding carboxylic acids is 4. The smallest absolute Gasteiger partial charge is 0.340 e. The summed E-state index contributed by atoms with van der Waals surface area (Å²) in [4.78, 5) is 55.1. The van der Waals surface area contributed by atoms with Gasteiger partial charge in [0.05, 0.1) is 58.9 Å². The Hall–Kier alpha value is -5.38. The van der Waals surface area contributed by atoms with Crippen molar-refractivity contribution in [3.63, 3.8) is 0 Å². The van der Waals surface area contributed by atoms with E-state index in [1.165, 1.54) is 53.2 Å². The molecule has 5 rings (SSSR count). The summed E-state index contributed by atoms with van der Waals surface area (Å²) >= 11 is 0. The molecule has 15 nitrogen and oxygen atoms in total. The maximum absolute atomic E-state index is 14.8. The second-order valence-electron chi connectivity index (χ2n) is 16.4.